The molecule has 4 rings (SSSR count). The Morgan fingerprint density at radius 3 is 2.64 bits per heavy atom. The van der Waals surface area contributed by atoms with Gasteiger partial charge in [-0.15, -0.1) is 10.2 Å². The maximum atomic E-state index is 5.68. The van der Waals surface area contributed by atoms with Crippen molar-refractivity contribution in [1.82, 2.24) is 24.9 Å². The second-order valence-corrected chi connectivity index (χ2v) is 4.72. The van der Waals surface area contributed by atoms with Crippen LogP contribution in [0.5, 0.6) is 0 Å². The summed E-state index contributed by atoms with van der Waals surface area (Å²) in [5, 5.41) is 11.9. The molecule has 7 nitrogen and oxygen atoms in total. The predicted molar refractivity (Wildman–Crippen MR) is 77.1 cm³/mol. The second-order valence-electron chi connectivity index (χ2n) is 4.72. The fourth-order valence-electron chi connectivity index (χ4n) is 2.15. The van der Waals surface area contributed by atoms with E-state index >= 15 is 0 Å². The third-order valence-electron chi connectivity index (χ3n) is 3.16. The minimum atomic E-state index is 0.313. The molecule has 0 amide bonds. The molecule has 0 aliphatic carbocycles. The topological polar surface area (TPSA) is 82.8 Å². The van der Waals surface area contributed by atoms with E-state index in [1.807, 2.05) is 34.9 Å². The molecule has 108 valence electrons. The molecule has 0 aliphatic heterocycles. The lowest BCUT2D eigenvalue weighted by molar-refractivity contribution is 0.397. The Labute approximate surface area is 125 Å². The molecule has 1 aromatic carbocycles. The highest BCUT2D eigenvalue weighted by Gasteiger charge is 2.17. The first kappa shape index (κ1) is 12.5. The van der Waals surface area contributed by atoms with Gasteiger partial charge in [-0.1, -0.05) is 23.4 Å². The lowest BCUT2D eigenvalue weighted by Gasteiger charge is -2.04. The van der Waals surface area contributed by atoms with Gasteiger partial charge in [0, 0.05) is 11.8 Å². The number of nitrogens with zero attached hydrogens (tertiary/aromatic N) is 5. The number of hydrogen-bond donors (Lipinski definition) is 0. The van der Waals surface area contributed by atoms with Gasteiger partial charge in [-0.2, -0.15) is 0 Å². The van der Waals surface area contributed by atoms with Crippen molar-refractivity contribution in [2.45, 2.75) is 6.92 Å². The molecule has 7 heteroatoms. The summed E-state index contributed by atoms with van der Waals surface area (Å²) in [6, 6.07) is 11.6. The van der Waals surface area contributed by atoms with Crippen LogP contribution in [0.2, 0.25) is 0 Å². The van der Waals surface area contributed by atoms with E-state index in [0.29, 0.717) is 28.9 Å². The molecule has 0 fully saturated rings. The number of para-hydroxylation sites is 1. The molecular weight excluding hydrogens is 282 g/mol. The number of benzene rings is 1. The van der Waals surface area contributed by atoms with Crippen LogP contribution in [0.1, 0.15) is 5.76 Å². The molecule has 0 spiro atoms. The average molecular weight is 293 g/mol. The van der Waals surface area contributed by atoms with Crippen LogP contribution in [0, 0.1) is 6.92 Å². The van der Waals surface area contributed by atoms with Crippen LogP contribution in [-0.2, 0) is 0 Å². The second kappa shape index (κ2) is 4.96. The first-order valence-electron chi connectivity index (χ1n) is 6.66. The summed E-state index contributed by atoms with van der Waals surface area (Å²) in [4.78, 5) is 4.16. The molecule has 3 aromatic heterocycles. The van der Waals surface area contributed by atoms with Crippen molar-refractivity contribution in [2.75, 3.05) is 0 Å². The fraction of sp³-hybridized carbons (Fsp3) is 0.0667. The summed E-state index contributed by atoms with van der Waals surface area (Å²) in [6.45, 7) is 1.80. The van der Waals surface area contributed by atoms with Gasteiger partial charge in [-0.3, -0.25) is 4.57 Å². The largest absolute Gasteiger partial charge is 0.413 e. The van der Waals surface area contributed by atoms with Gasteiger partial charge in [0.1, 0.15) is 11.5 Å². The van der Waals surface area contributed by atoms with E-state index < -0.39 is 0 Å². The molecule has 0 N–H and O–H groups in total. The van der Waals surface area contributed by atoms with E-state index in [4.69, 9.17) is 8.94 Å². The average Bonchev–Trinajstić information content (AvgIpc) is 3.27. The van der Waals surface area contributed by atoms with Crippen LogP contribution in [0.25, 0.3) is 28.9 Å². The summed E-state index contributed by atoms with van der Waals surface area (Å²) in [7, 11) is 0. The Balaban J connectivity index is 1.75. The summed E-state index contributed by atoms with van der Waals surface area (Å²) in [5.41, 5.74) is 2.19. The highest BCUT2D eigenvalue weighted by atomic mass is 16.5. The smallest absolute Gasteiger partial charge is 0.270 e. The van der Waals surface area contributed by atoms with Gasteiger partial charge in [0.15, 0.2) is 5.69 Å². The normalized spacial score (nSPS) is 11.0. The van der Waals surface area contributed by atoms with Crippen LogP contribution < -0.4 is 0 Å². The van der Waals surface area contributed by atoms with Crippen molar-refractivity contribution < 1.29 is 8.94 Å². The van der Waals surface area contributed by atoms with Crippen LogP contribution in [0.3, 0.4) is 0 Å². The van der Waals surface area contributed by atoms with Crippen molar-refractivity contribution in [2.24, 2.45) is 0 Å². The number of rotatable bonds is 3. The van der Waals surface area contributed by atoms with E-state index in [2.05, 4.69) is 20.3 Å². The molecule has 22 heavy (non-hydrogen) atoms. The Hall–Kier alpha value is -3.22. The van der Waals surface area contributed by atoms with Gasteiger partial charge < -0.3 is 8.94 Å². The summed E-state index contributed by atoms with van der Waals surface area (Å²) in [6.07, 6.45) is 3.38. The van der Waals surface area contributed by atoms with Gasteiger partial charge in [-0.25, -0.2) is 4.98 Å². The highest BCUT2D eigenvalue weighted by Crippen LogP contribution is 2.25. The van der Waals surface area contributed by atoms with Crippen LogP contribution in [0.4, 0.5) is 0 Å². The minimum absolute atomic E-state index is 0.313. The zero-order valence-corrected chi connectivity index (χ0v) is 11.7. The van der Waals surface area contributed by atoms with Crippen molar-refractivity contribution in [3.63, 3.8) is 0 Å². The molecule has 4 aromatic rings. The highest BCUT2D eigenvalue weighted by molar-refractivity contribution is 5.54. The summed E-state index contributed by atoms with van der Waals surface area (Å²) < 4.78 is 12.6. The van der Waals surface area contributed by atoms with Gasteiger partial charge in [0.2, 0.25) is 0 Å². The molecule has 0 aliphatic rings. The van der Waals surface area contributed by atoms with Gasteiger partial charge >= 0.3 is 0 Å². The zero-order chi connectivity index (χ0) is 14.9. The van der Waals surface area contributed by atoms with Crippen molar-refractivity contribution in [3.8, 4) is 28.9 Å². The number of aryl methyl sites for hydroxylation is 1. The van der Waals surface area contributed by atoms with Crippen molar-refractivity contribution in [3.05, 3.63) is 54.7 Å². The molecule has 0 radical (unpaired) electrons. The molecule has 0 saturated carbocycles. The van der Waals surface area contributed by atoms with Crippen LogP contribution in [0.15, 0.2) is 57.9 Å². The quantitative estimate of drug-likeness (QED) is 0.577. The number of imidazole rings is 1. The lowest BCUT2D eigenvalue weighted by atomic mass is 10.3. The maximum absolute atomic E-state index is 5.68. The molecule has 0 bridgehead atoms. The monoisotopic (exact) mass is 293 g/mol. The predicted octanol–water partition coefficient (Wildman–Crippen LogP) is 2.89. The summed E-state index contributed by atoms with van der Waals surface area (Å²) in [5.74, 6) is 1.37. The molecule has 3 heterocycles. The lowest BCUT2D eigenvalue weighted by Crippen LogP contribution is -1.94. The zero-order valence-electron chi connectivity index (χ0n) is 11.7. The van der Waals surface area contributed by atoms with Crippen molar-refractivity contribution >= 4 is 0 Å². The Kier molecular flexibility index (Phi) is 2.82. The standard InChI is InChI=1S/C15H11N5O2/c1-10-7-12(19-22-10)14-17-18-15(21-14)13-8-16-9-20(13)11-5-3-2-4-6-11/h2-9H,1H3. The van der Waals surface area contributed by atoms with E-state index in [9.17, 15) is 0 Å². The van der Waals surface area contributed by atoms with Crippen LogP contribution in [-0.4, -0.2) is 24.9 Å². The van der Waals surface area contributed by atoms with E-state index in [1.165, 1.54) is 0 Å². The molecular formula is C15H11N5O2. The fourth-order valence-corrected chi connectivity index (χ4v) is 2.15. The Bertz CT molecular complexity index is 907. The third kappa shape index (κ3) is 2.08. The third-order valence-corrected chi connectivity index (χ3v) is 3.16. The Morgan fingerprint density at radius 2 is 1.86 bits per heavy atom. The molecule has 0 unspecified atom stereocenters. The first-order valence-corrected chi connectivity index (χ1v) is 6.66. The van der Waals surface area contributed by atoms with Gasteiger partial charge in [0.05, 0.1) is 12.5 Å². The maximum Gasteiger partial charge on any atom is 0.270 e. The van der Waals surface area contributed by atoms with Gasteiger partial charge in [0.25, 0.3) is 11.8 Å². The first-order chi connectivity index (χ1) is 10.8. The van der Waals surface area contributed by atoms with Crippen molar-refractivity contribution in [1.29, 1.82) is 0 Å². The number of hydrogen-bond acceptors (Lipinski definition) is 6. The van der Waals surface area contributed by atoms with E-state index in [1.54, 1.807) is 25.5 Å². The van der Waals surface area contributed by atoms with E-state index in [-0.39, 0.29) is 0 Å². The molecule has 0 atom stereocenters. The van der Waals surface area contributed by atoms with Gasteiger partial charge in [-0.05, 0) is 19.1 Å². The van der Waals surface area contributed by atoms with E-state index in [0.717, 1.165) is 5.69 Å². The molecule has 0 saturated heterocycles. The number of aromatic nitrogens is 5. The van der Waals surface area contributed by atoms with Crippen LogP contribution >= 0.6 is 0 Å². The minimum Gasteiger partial charge on any atom is -0.413 e. The SMILES string of the molecule is Cc1cc(-c2nnc(-c3cncn3-c3ccccc3)o2)no1. The summed E-state index contributed by atoms with van der Waals surface area (Å²) >= 11 is 0. The Morgan fingerprint density at radius 1 is 1.05 bits per heavy atom.